The third-order valence-corrected chi connectivity index (χ3v) is 4.14. The van der Waals surface area contributed by atoms with Gasteiger partial charge in [0.15, 0.2) is 0 Å². The van der Waals surface area contributed by atoms with E-state index >= 15 is 0 Å². The molecule has 118 valence electrons. The van der Waals surface area contributed by atoms with Gasteiger partial charge in [0.1, 0.15) is 5.75 Å². The number of rotatable bonds is 5. The van der Waals surface area contributed by atoms with Crippen LogP contribution in [-0.2, 0) is 11.3 Å². The van der Waals surface area contributed by atoms with E-state index in [2.05, 4.69) is 32.9 Å². The van der Waals surface area contributed by atoms with Crippen molar-refractivity contribution in [3.05, 3.63) is 28.2 Å². The number of nitrogens with one attached hydrogen (secondary N) is 1. The Bertz CT molecular complexity index is 476. The van der Waals surface area contributed by atoms with Crippen molar-refractivity contribution in [3.63, 3.8) is 0 Å². The topological polar surface area (TPSA) is 30.5 Å². The van der Waals surface area contributed by atoms with E-state index in [1.165, 1.54) is 6.07 Å². The lowest BCUT2D eigenvalue weighted by Gasteiger charge is -2.19. The van der Waals surface area contributed by atoms with E-state index in [9.17, 15) is 13.2 Å². The molecular formula is C14H17BrF3NO2. The van der Waals surface area contributed by atoms with Crippen molar-refractivity contribution in [2.75, 3.05) is 13.2 Å². The fourth-order valence-electron chi connectivity index (χ4n) is 2.25. The maximum Gasteiger partial charge on any atom is 0.573 e. The van der Waals surface area contributed by atoms with Gasteiger partial charge in [-0.1, -0.05) is 6.07 Å². The summed E-state index contributed by atoms with van der Waals surface area (Å²) in [6.07, 6.45) is -3.64. The maximum atomic E-state index is 12.2. The number of ether oxygens (including phenoxy) is 2. The molecule has 1 fully saturated rings. The molecule has 0 amide bonds. The molecule has 1 aliphatic rings. The summed E-state index contributed by atoms with van der Waals surface area (Å²) in [5.41, 5.74) is 0.891. The van der Waals surface area contributed by atoms with Crippen molar-refractivity contribution >= 4 is 15.9 Å². The molecule has 1 aliphatic heterocycles. The lowest BCUT2D eigenvalue weighted by molar-refractivity contribution is -0.274. The molecule has 0 saturated carbocycles. The van der Waals surface area contributed by atoms with Crippen LogP contribution >= 0.6 is 15.9 Å². The van der Waals surface area contributed by atoms with Crippen LogP contribution in [0.1, 0.15) is 18.9 Å². The first-order chi connectivity index (χ1) is 9.85. The molecule has 0 aliphatic carbocycles. The number of hydrogen-bond donors (Lipinski definition) is 1. The van der Waals surface area contributed by atoms with Crippen molar-refractivity contribution in [3.8, 4) is 5.75 Å². The molecule has 1 heterocycles. The van der Waals surface area contributed by atoms with Gasteiger partial charge in [0.2, 0.25) is 0 Å². The Morgan fingerprint density at radius 2 is 2.24 bits per heavy atom. The second-order valence-corrected chi connectivity index (χ2v) is 5.96. The summed E-state index contributed by atoms with van der Waals surface area (Å²) in [6, 6.07) is 4.87. The van der Waals surface area contributed by atoms with E-state index in [0.29, 0.717) is 18.5 Å². The number of halogens is 4. The summed E-state index contributed by atoms with van der Waals surface area (Å²) in [4.78, 5) is 0. The zero-order chi connectivity index (χ0) is 15.5. The third kappa shape index (κ3) is 5.16. The van der Waals surface area contributed by atoms with Gasteiger partial charge in [-0.15, -0.1) is 13.2 Å². The average Bonchev–Trinajstić information content (AvgIpc) is 2.91. The minimum absolute atomic E-state index is 0.233. The molecule has 1 aromatic carbocycles. The Morgan fingerprint density at radius 3 is 2.81 bits per heavy atom. The first-order valence-corrected chi connectivity index (χ1v) is 7.50. The monoisotopic (exact) mass is 367 g/mol. The second kappa shape index (κ2) is 6.98. The molecule has 1 saturated heterocycles. The molecule has 2 unspecified atom stereocenters. The molecule has 1 N–H and O–H groups in total. The minimum Gasteiger partial charge on any atom is -0.405 e. The Kier molecular flexibility index (Phi) is 5.51. The highest BCUT2D eigenvalue weighted by Gasteiger charge is 2.32. The SMILES string of the molecule is CC(NCc1ccc(OC(F)(F)F)c(Br)c1)C1CCOC1. The van der Waals surface area contributed by atoms with E-state index in [1.54, 1.807) is 12.1 Å². The van der Waals surface area contributed by atoms with Crippen molar-refractivity contribution in [1.29, 1.82) is 0 Å². The zero-order valence-electron chi connectivity index (χ0n) is 11.5. The summed E-state index contributed by atoms with van der Waals surface area (Å²) < 4.78 is 46.1. The highest BCUT2D eigenvalue weighted by molar-refractivity contribution is 9.10. The van der Waals surface area contributed by atoms with Gasteiger partial charge in [-0.25, -0.2) is 0 Å². The highest BCUT2D eigenvalue weighted by atomic mass is 79.9. The summed E-state index contributed by atoms with van der Waals surface area (Å²) in [5.74, 6) is 0.254. The summed E-state index contributed by atoms with van der Waals surface area (Å²) >= 11 is 3.10. The van der Waals surface area contributed by atoms with E-state index in [4.69, 9.17) is 4.74 Å². The van der Waals surface area contributed by atoms with Crippen molar-refractivity contribution < 1.29 is 22.6 Å². The van der Waals surface area contributed by atoms with Gasteiger partial charge in [-0.2, -0.15) is 0 Å². The lowest BCUT2D eigenvalue weighted by atomic mass is 10.0. The second-order valence-electron chi connectivity index (χ2n) is 5.11. The predicted octanol–water partition coefficient (Wildman–Crippen LogP) is 3.86. The molecule has 3 nitrogen and oxygen atoms in total. The van der Waals surface area contributed by atoms with Crippen LogP contribution in [0.4, 0.5) is 13.2 Å². The summed E-state index contributed by atoms with van der Waals surface area (Å²) in [7, 11) is 0. The Labute approximate surface area is 129 Å². The van der Waals surface area contributed by atoms with Crippen LogP contribution in [0.2, 0.25) is 0 Å². The standard InChI is InChI=1S/C14H17BrF3NO2/c1-9(11-4-5-20-8-11)19-7-10-2-3-13(12(15)6-10)21-14(16,17)18/h2-3,6,9,11,19H,4-5,7-8H2,1H3. The first kappa shape index (κ1) is 16.6. The van der Waals surface area contributed by atoms with Crippen LogP contribution in [0.15, 0.2) is 22.7 Å². The third-order valence-electron chi connectivity index (χ3n) is 3.52. The van der Waals surface area contributed by atoms with E-state index < -0.39 is 6.36 Å². The molecule has 0 bridgehead atoms. The van der Waals surface area contributed by atoms with E-state index in [-0.39, 0.29) is 10.2 Å². The van der Waals surface area contributed by atoms with Gasteiger partial charge < -0.3 is 14.8 Å². The largest absolute Gasteiger partial charge is 0.573 e. The highest BCUT2D eigenvalue weighted by Crippen LogP contribution is 2.31. The van der Waals surface area contributed by atoms with Crippen molar-refractivity contribution in [2.45, 2.75) is 32.3 Å². The zero-order valence-corrected chi connectivity index (χ0v) is 13.1. The van der Waals surface area contributed by atoms with E-state index in [1.807, 2.05) is 0 Å². The molecule has 7 heteroatoms. The van der Waals surface area contributed by atoms with Crippen LogP contribution in [0.25, 0.3) is 0 Å². The molecule has 0 spiro atoms. The molecule has 21 heavy (non-hydrogen) atoms. The lowest BCUT2D eigenvalue weighted by Crippen LogP contribution is -2.33. The summed E-state index contributed by atoms with van der Waals surface area (Å²) in [6.45, 7) is 4.24. The molecule has 0 aromatic heterocycles. The number of alkyl halides is 3. The fraction of sp³-hybridized carbons (Fsp3) is 0.571. The van der Waals surface area contributed by atoms with Crippen molar-refractivity contribution in [2.24, 2.45) is 5.92 Å². The Morgan fingerprint density at radius 1 is 1.48 bits per heavy atom. The molecule has 2 atom stereocenters. The van der Waals surface area contributed by atoms with Crippen molar-refractivity contribution in [1.82, 2.24) is 5.32 Å². The molecule has 1 aromatic rings. The minimum atomic E-state index is -4.68. The molecular weight excluding hydrogens is 351 g/mol. The fourth-order valence-corrected chi connectivity index (χ4v) is 2.76. The maximum absolute atomic E-state index is 12.2. The van der Waals surface area contributed by atoms with Gasteiger partial charge in [0, 0.05) is 19.2 Å². The molecule has 2 rings (SSSR count). The smallest absolute Gasteiger partial charge is 0.405 e. The predicted molar refractivity (Wildman–Crippen MR) is 76.1 cm³/mol. The van der Waals surface area contributed by atoms with Crippen LogP contribution < -0.4 is 10.1 Å². The van der Waals surface area contributed by atoms with Crippen LogP contribution in [0.3, 0.4) is 0 Å². The number of hydrogen-bond acceptors (Lipinski definition) is 3. The normalized spacial score (nSPS) is 20.5. The Hall–Kier alpha value is -0.790. The van der Waals surface area contributed by atoms with Gasteiger partial charge in [0.25, 0.3) is 0 Å². The number of benzene rings is 1. The van der Waals surface area contributed by atoms with Crippen LogP contribution in [0.5, 0.6) is 5.75 Å². The summed E-state index contributed by atoms with van der Waals surface area (Å²) in [5, 5.41) is 3.37. The van der Waals surface area contributed by atoms with Crippen LogP contribution in [0, 0.1) is 5.92 Å². The van der Waals surface area contributed by atoms with Crippen LogP contribution in [-0.4, -0.2) is 25.6 Å². The van der Waals surface area contributed by atoms with Gasteiger partial charge in [-0.05, 0) is 52.9 Å². The Balaban J connectivity index is 1.90. The van der Waals surface area contributed by atoms with Gasteiger partial charge in [0.05, 0.1) is 11.1 Å². The van der Waals surface area contributed by atoms with Gasteiger partial charge in [-0.3, -0.25) is 0 Å². The average molecular weight is 368 g/mol. The quantitative estimate of drug-likeness (QED) is 0.856. The first-order valence-electron chi connectivity index (χ1n) is 6.70. The van der Waals surface area contributed by atoms with E-state index in [0.717, 1.165) is 25.2 Å². The molecule has 0 radical (unpaired) electrons. The van der Waals surface area contributed by atoms with Gasteiger partial charge >= 0.3 is 6.36 Å².